The molecular weight excluding hydrogens is 206 g/mol. The topological polar surface area (TPSA) is 54.9 Å². The highest BCUT2D eigenvalue weighted by Gasteiger charge is 2.33. The van der Waals surface area contributed by atoms with Gasteiger partial charge in [-0.05, 0) is 6.07 Å². The van der Waals surface area contributed by atoms with E-state index >= 15 is 0 Å². The van der Waals surface area contributed by atoms with Crippen LogP contribution in [0, 0.1) is 0 Å². The summed E-state index contributed by atoms with van der Waals surface area (Å²) >= 11 is 0. The van der Waals surface area contributed by atoms with Crippen LogP contribution in [0.3, 0.4) is 0 Å². The molecule has 1 N–H and O–H groups in total. The predicted octanol–water partition coefficient (Wildman–Crippen LogP) is 1.11. The maximum atomic E-state index is 12.0. The summed E-state index contributed by atoms with van der Waals surface area (Å²) in [5, 5.41) is 0. The Morgan fingerprint density at radius 3 is 2.57 bits per heavy atom. The first-order valence-corrected chi connectivity index (χ1v) is 3.26. The van der Waals surface area contributed by atoms with E-state index in [1.54, 1.807) is 0 Å². The summed E-state index contributed by atoms with van der Waals surface area (Å²) in [6, 6.07) is 0.578. The molecule has 1 rings (SSSR count). The third-order valence-electron chi connectivity index (χ3n) is 1.23. The Morgan fingerprint density at radius 1 is 1.43 bits per heavy atom. The van der Waals surface area contributed by atoms with Gasteiger partial charge in [0.15, 0.2) is 0 Å². The SMILES string of the molecule is O=C(NF)c1nccc(C(F)(F)F)n1. The fraction of sp³-hybridized carbons (Fsp3) is 0.167. The van der Waals surface area contributed by atoms with Crippen molar-refractivity contribution >= 4 is 5.91 Å². The number of nitrogens with zero attached hydrogens (tertiary/aromatic N) is 2. The maximum absolute atomic E-state index is 12.0. The van der Waals surface area contributed by atoms with Crippen LogP contribution in [-0.4, -0.2) is 15.9 Å². The van der Waals surface area contributed by atoms with Gasteiger partial charge in [-0.2, -0.15) is 18.7 Å². The third kappa shape index (κ3) is 2.15. The molecule has 14 heavy (non-hydrogen) atoms. The molecule has 0 atom stereocenters. The lowest BCUT2D eigenvalue weighted by Gasteiger charge is -2.05. The molecule has 0 saturated heterocycles. The summed E-state index contributed by atoms with van der Waals surface area (Å²) in [7, 11) is 0. The molecular formula is C6H3F4N3O. The minimum absolute atomic E-state index is 0.578. The second-order valence-electron chi connectivity index (χ2n) is 2.19. The first-order chi connectivity index (χ1) is 6.45. The van der Waals surface area contributed by atoms with E-state index in [2.05, 4.69) is 9.97 Å². The number of aromatic nitrogens is 2. The molecule has 1 amide bonds. The summed E-state index contributed by atoms with van der Waals surface area (Å²) < 4.78 is 47.6. The first kappa shape index (κ1) is 10.4. The normalized spacial score (nSPS) is 11.1. The van der Waals surface area contributed by atoms with Crippen LogP contribution in [0.5, 0.6) is 0 Å². The molecule has 1 heterocycles. The van der Waals surface area contributed by atoms with Gasteiger partial charge in [0.2, 0.25) is 5.82 Å². The predicted molar refractivity (Wildman–Crippen MR) is 35.6 cm³/mol. The Morgan fingerprint density at radius 2 is 2.07 bits per heavy atom. The number of carbonyl (C=O) groups excluding carboxylic acids is 1. The summed E-state index contributed by atoms with van der Waals surface area (Å²) in [5.74, 6) is -2.29. The molecule has 0 aliphatic carbocycles. The van der Waals surface area contributed by atoms with Crippen LogP contribution in [0.1, 0.15) is 16.3 Å². The molecule has 1 aromatic rings. The molecule has 0 aliphatic heterocycles. The van der Waals surface area contributed by atoms with Crippen molar-refractivity contribution in [2.45, 2.75) is 6.18 Å². The Bertz CT molecular complexity index is 351. The fourth-order valence-electron chi connectivity index (χ4n) is 0.668. The van der Waals surface area contributed by atoms with Gasteiger partial charge in [0.25, 0.3) is 0 Å². The van der Waals surface area contributed by atoms with E-state index < -0.39 is 23.6 Å². The monoisotopic (exact) mass is 209 g/mol. The largest absolute Gasteiger partial charge is 0.433 e. The van der Waals surface area contributed by atoms with Gasteiger partial charge >= 0.3 is 12.1 Å². The molecule has 0 fully saturated rings. The molecule has 0 aliphatic rings. The number of nitrogens with one attached hydrogen (secondary N) is 1. The van der Waals surface area contributed by atoms with Crippen molar-refractivity contribution in [3.63, 3.8) is 0 Å². The Hall–Kier alpha value is -1.73. The van der Waals surface area contributed by atoms with Crippen molar-refractivity contribution in [1.29, 1.82) is 0 Å². The molecule has 76 valence electrons. The van der Waals surface area contributed by atoms with Crippen LogP contribution >= 0.6 is 0 Å². The highest BCUT2D eigenvalue weighted by Crippen LogP contribution is 2.26. The van der Waals surface area contributed by atoms with Crippen molar-refractivity contribution in [1.82, 2.24) is 15.5 Å². The minimum Gasteiger partial charge on any atom is -0.263 e. The van der Waals surface area contributed by atoms with Gasteiger partial charge in [0.05, 0.1) is 0 Å². The molecule has 1 aromatic heterocycles. The number of rotatable bonds is 1. The van der Waals surface area contributed by atoms with Gasteiger partial charge in [-0.1, -0.05) is 4.48 Å². The average molecular weight is 209 g/mol. The van der Waals surface area contributed by atoms with Crippen molar-refractivity contribution in [2.75, 3.05) is 0 Å². The lowest BCUT2D eigenvalue weighted by Crippen LogP contribution is -2.19. The molecule has 0 aromatic carbocycles. The minimum atomic E-state index is -4.69. The van der Waals surface area contributed by atoms with Gasteiger partial charge in [0, 0.05) is 6.20 Å². The molecule has 0 unspecified atom stereocenters. The molecule has 0 radical (unpaired) electrons. The number of amides is 1. The lowest BCUT2D eigenvalue weighted by atomic mass is 10.4. The quantitative estimate of drug-likeness (QED) is 0.556. The summed E-state index contributed by atoms with van der Waals surface area (Å²) in [6.07, 6.45) is -3.96. The van der Waals surface area contributed by atoms with Crippen molar-refractivity contribution in [3.8, 4) is 0 Å². The van der Waals surface area contributed by atoms with Gasteiger partial charge in [-0.25, -0.2) is 9.97 Å². The highest BCUT2D eigenvalue weighted by molar-refractivity contribution is 5.89. The molecule has 8 heteroatoms. The summed E-state index contributed by atoms with van der Waals surface area (Å²) in [6.45, 7) is 0. The zero-order chi connectivity index (χ0) is 10.8. The molecule has 0 bridgehead atoms. The first-order valence-electron chi connectivity index (χ1n) is 3.26. The molecule has 0 spiro atoms. The zero-order valence-electron chi connectivity index (χ0n) is 6.47. The molecule has 0 saturated carbocycles. The van der Waals surface area contributed by atoms with Crippen LogP contribution in [0.4, 0.5) is 17.7 Å². The van der Waals surface area contributed by atoms with Crippen molar-refractivity contribution < 1.29 is 22.4 Å². The fourth-order valence-corrected chi connectivity index (χ4v) is 0.668. The highest BCUT2D eigenvalue weighted by atomic mass is 19.4. The number of alkyl halides is 3. The smallest absolute Gasteiger partial charge is 0.263 e. The number of hydrogen-bond donors (Lipinski definition) is 1. The van der Waals surface area contributed by atoms with Gasteiger partial charge < -0.3 is 0 Å². The van der Waals surface area contributed by atoms with E-state index in [0.29, 0.717) is 11.6 Å². The van der Waals surface area contributed by atoms with E-state index in [0.717, 1.165) is 6.20 Å². The Kier molecular flexibility index (Phi) is 2.63. The van der Waals surface area contributed by atoms with Gasteiger partial charge in [0.1, 0.15) is 5.69 Å². The van der Waals surface area contributed by atoms with E-state index in [1.807, 2.05) is 0 Å². The zero-order valence-corrected chi connectivity index (χ0v) is 6.47. The maximum Gasteiger partial charge on any atom is 0.433 e. The second-order valence-corrected chi connectivity index (χ2v) is 2.19. The van der Waals surface area contributed by atoms with Gasteiger partial charge in [-0.15, -0.1) is 0 Å². The van der Waals surface area contributed by atoms with E-state index in [4.69, 9.17) is 0 Å². The second kappa shape index (κ2) is 3.56. The number of halogens is 4. The molecule has 4 nitrogen and oxygen atoms in total. The van der Waals surface area contributed by atoms with Crippen LogP contribution < -0.4 is 5.54 Å². The standard InChI is InChI=1S/C6H3F4N3O/c7-6(8,9)3-1-2-11-4(12-3)5(14)13-10/h1-2H,(H,13,14). The summed E-state index contributed by atoms with van der Waals surface area (Å²) in [4.78, 5) is 16.5. The number of carbonyl (C=O) groups is 1. The van der Waals surface area contributed by atoms with Crippen LogP contribution in [0.2, 0.25) is 0 Å². The third-order valence-corrected chi connectivity index (χ3v) is 1.23. The van der Waals surface area contributed by atoms with Gasteiger partial charge in [-0.3, -0.25) is 4.79 Å². The Balaban J connectivity index is 3.08. The van der Waals surface area contributed by atoms with E-state index in [1.165, 1.54) is 0 Å². The van der Waals surface area contributed by atoms with Crippen LogP contribution in [0.15, 0.2) is 12.3 Å². The van der Waals surface area contributed by atoms with Crippen LogP contribution in [0.25, 0.3) is 0 Å². The van der Waals surface area contributed by atoms with Crippen LogP contribution in [-0.2, 0) is 6.18 Å². The summed E-state index contributed by atoms with van der Waals surface area (Å²) in [5.41, 5.74) is -0.671. The van der Waals surface area contributed by atoms with E-state index in [9.17, 15) is 22.4 Å². The average Bonchev–Trinajstić information content (AvgIpc) is 2.15. The number of hydrogen-bond acceptors (Lipinski definition) is 3. The van der Waals surface area contributed by atoms with Crippen molar-refractivity contribution in [3.05, 3.63) is 23.8 Å². The van der Waals surface area contributed by atoms with E-state index in [-0.39, 0.29) is 0 Å². The Labute approximate surface area is 74.9 Å². The van der Waals surface area contributed by atoms with Crippen molar-refractivity contribution in [2.24, 2.45) is 0 Å². The lowest BCUT2D eigenvalue weighted by molar-refractivity contribution is -0.141.